The van der Waals surface area contributed by atoms with Gasteiger partial charge in [-0.25, -0.2) is 4.79 Å². The normalized spacial score (nSPS) is 13.6. The van der Waals surface area contributed by atoms with Crippen LogP contribution in [0.4, 0.5) is 16.2 Å². The van der Waals surface area contributed by atoms with Crippen molar-refractivity contribution in [1.29, 1.82) is 0 Å². The Labute approximate surface area is 174 Å². The van der Waals surface area contributed by atoms with Gasteiger partial charge < -0.3 is 21.1 Å². The first kappa shape index (κ1) is 19.6. The van der Waals surface area contributed by atoms with Crippen LogP contribution in [0.2, 0.25) is 20.1 Å². The van der Waals surface area contributed by atoms with E-state index >= 15 is 0 Å². The van der Waals surface area contributed by atoms with Crippen molar-refractivity contribution in [3.8, 4) is 0 Å². The van der Waals surface area contributed by atoms with Gasteiger partial charge in [0.25, 0.3) is 0 Å². The maximum Gasteiger partial charge on any atom is 0.323 e. The molecule has 0 saturated carbocycles. The third-order valence-corrected chi connectivity index (χ3v) is 5.47. The Kier molecular flexibility index (Phi) is 5.72. The molecule has 0 spiro atoms. The van der Waals surface area contributed by atoms with E-state index in [1.165, 1.54) is 6.07 Å². The van der Waals surface area contributed by atoms with Crippen LogP contribution in [0.5, 0.6) is 0 Å². The van der Waals surface area contributed by atoms with Crippen LogP contribution in [0, 0.1) is 0 Å². The number of hydrogen-bond donors (Lipinski definition) is 4. The number of allylic oxidation sites excluding steroid dienone is 1. The Morgan fingerprint density at radius 1 is 1.04 bits per heavy atom. The number of ketones is 1. The molecule has 140 valence electrons. The summed E-state index contributed by atoms with van der Waals surface area (Å²) < 4.78 is 0. The molecule has 0 atom stereocenters. The minimum absolute atomic E-state index is 0.0152. The number of anilines is 2. The smallest absolute Gasteiger partial charge is 0.323 e. The summed E-state index contributed by atoms with van der Waals surface area (Å²) in [6.45, 7) is -0.0300. The molecule has 0 saturated heterocycles. The summed E-state index contributed by atoms with van der Waals surface area (Å²) in [4.78, 5) is 25.0. The lowest BCUT2D eigenvalue weighted by molar-refractivity contribution is 0.102. The van der Waals surface area contributed by atoms with Crippen LogP contribution >= 0.6 is 46.4 Å². The monoisotopic (exact) mass is 445 g/mol. The molecule has 1 aliphatic rings. The van der Waals surface area contributed by atoms with Gasteiger partial charge in [-0.2, -0.15) is 0 Å². The largest absolute Gasteiger partial charge is 0.508 e. The molecule has 0 bridgehead atoms. The molecule has 10 heteroatoms. The molecule has 3 rings (SSSR count). The van der Waals surface area contributed by atoms with Gasteiger partial charge in [0.2, 0.25) is 5.78 Å². The van der Waals surface area contributed by atoms with Crippen molar-refractivity contribution in [2.75, 3.05) is 17.2 Å². The number of rotatable bonds is 2. The lowest BCUT2D eigenvalue weighted by atomic mass is 10.1. The Morgan fingerprint density at radius 2 is 1.74 bits per heavy atom. The Morgan fingerprint density at radius 3 is 2.48 bits per heavy atom. The van der Waals surface area contributed by atoms with Crippen molar-refractivity contribution in [2.24, 2.45) is 0 Å². The molecule has 27 heavy (non-hydrogen) atoms. The Balaban J connectivity index is 1.85. The molecule has 0 unspecified atom stereocenters. The number of Topliss-reactive ketones (excluding diaryl/α,β-unsaturated/α-hetero) is 1. The topological polar surface area (TPSA) is 90.5 Å². The van der Waals surface area contributed by atoms with Gasteiger partial charge in [0.15, 0.2) is 0 Å². The number of carbonyl (C=O) groups is 2. The van der Waals surface area contributed by atoms with E-state index in [1.54, 1.807) is 24.3 Å². The van der Waals surface area contributed by atoms with Crippen LogP contribution in [-0.2, 0) is 0 Å². The molecule has 0 aromatic heterocycles. The summed E-state index contributed by atoms with van der Waals surface area (Å²) in [5.74, 6) is -0.855. The molecule has 0 fully saturated rings. The minimum atomic E-state index is -0.819. The molecule has 2 aromatic rings. The highest BCUT2D eigenvalue weighted by atomic mass is 35.5. The summed E-state index contributed by atoms with van der Waals surface area (Å²) in [5.41, 5.74) is 0.693. The van der Waals surface area contributed by atoms with Gasteiger partial charge in [-0.1, -0.05) is 58.5 Å². The molecule has 1 aliphatic heterocycles. The number of nitrogens with one attached hydrogen (secondary N) is 3. The molecule has 0 radical (unpaired) electrons. The van der Waals surface area contributed by atoms with E-state index in [1.807, 2.05) is 0 Å². The second kappa shape index (κ2) is 7.86. The van der Waals surface area contributed by atoms with E-state index in [2.05, 4.69) is 16.0 Å². The van der Waals surface area contributed by atoms with Gasteiger partial charge in [-0.05, 0) is 18.2 Å². The Hall–Kier alpha value is -2.12. The zero-order chi connectivity index (χ0) is 19.7. The van der Waals surface area contributed by atoms with E-state index in [0.717, 1.165) is 0 Å². The molecule has 4 N–H and O–H groups in total. The summed E-state index contributed by atoms with van der Waals surface area (Å²) in [6, 6.07) is 7.20. The lowest BCUT2D eigenvalue weighted by Gasteiger charge is -2.13. The van der Waals surface area contributed by atoms with Crippen molar-refractivity contribution >= 4 is 69.6 Å². The molecule has 2 amide bonds. The van der Waals surface area contributed by atoms with Gasteiger partial charge >= 0.3 is 6.03 Å². The zero-order valence-corrected chi connectivity index (χ0v) is 16.4. The number of para-hydroxylation sites is 1. The zero-order valence-electron chi connectivity index (χ0n) is 13.4. The summed E-state index contributed by atoms with van der Waals surface area (Å²) in [7, 11) is 0. The summed E-state index contributed by atoms with van der Waals surface area (Å²) in [6.07, 6.45) is 0. The van der Waals surface area contributed by atoms with Crippen LogP contribution in [0.25, 0.3) is 0 Å². The summed E-state index contributed by atoms with van der Waals surface area (Å²) >= 11 is 23.8. The van der Waals surface area contributed by atoms with Crippen LogP contribution in [0.1, 0.15) is 10.4 Å². The highest BCUT2D eigenvalue weighted by Crippen LogP contribution is 2.40. The molecule has 2 aromatic carbocycles. The second-order valence-electron chi connectivity index (χ2n) is 5.48. The van der Waals surface area contributed by atoms with Crippen molar-refractivity contribution in [2.45, 2.75) is 0 Å². The molecular weight excluding hydrogens is 436 g/mol. The quantitative estimate of drug-likeness (QED) is 0.362. The number of aliphatic hydroxyl groups excluding tert-OH is 1. The van der Waals surface area contributed by atoms with Gasteiger partial charge in [0, 0.05) is 11.3 Å². The first-order valence-electron chi connectivity index (χ1n) is 7.50. The SMILES string of the molecule is O=C(NC1=C(O)CNc2ccccc2C1=O)Nc1cc(Cl)c(Cl)c(Cl)c1Cl. The maximum absolute atomic E-state index is 12.7. The van der Waals surface area contributed by atoms with Crippen molar-refractivity contribution in [3.63, 3.8) is 0 Å². The number of aliphatic hydroxyl groups is 1. The molecule has 0 aliphatic carbocycles. The van der Waals surface area contributed by atoms with E-state index < -0.39 is 11.8 Å². The molecule has 6 nitrogen and oxygen atoms in total. The molecular formula is C17H11Cl4N3O3. The van der Waals surface area contributed by atoms with E-state index in [0.29, 0.717) is 11.3 Å². The summed E-state index contributed by atoms with van der Waals surface area (Å²) in [5, 5.41) is 17.9. The van der Waals surface area contributed by atoms with Gasteiger partial charge in [0.1, 0.15) is 11.5 Å². The van der Waals surface area contributed by atoms with Gasteiger partial charge in [-0.3, -0.25) is 4.79 Å². The predicted octanol–water partition coefficient (Wildman–Crippen LogP) is 5.50. The number of urea groups is 1. The minimum Gasteiger partial charge on any atom is -0.508 e. The number of amides is 2. The average Bonchev–Trinajstić information content (AvgIpc) is 2.76. The first-order valence-corrected chi connectivity index (χ1v) is 9.01. The average molecular weight is 447 g/mol. The fraction of sp³-hybridized carbons (Fsp3) is 0.0588. The number of halogens is 4. The first-order chi connectivity index (χ1) is 12.8. The highest BCUT2D eigenvalue weighted by Gasteiger charge is 2.25. The number of fused-ring (bicyclic) bond motifs is 1. The van der Waals surface area contributed by atoms with Crippen LogP contribution in [0.15, 0.2) is 41.8 Å². The van der Waals surface area contributed by atoms with Crippen LogP contribution in [-0.4, -0.2) is 23.5 Å². The third kappa shape index (κ3) is 3.94. The molecule has 1 heterocycles. The number of benzene rings is 2. The predicted molar refractivity (Wildman–Crippen MR) is 108 cm³/mol. The fourth-order valence-corrected chi connectivity index (χ4v) is 3.28. The van der Waals surface area contributed by atoms with E-state index in [9.17, 15) is 14.7 Å². The van der Waals surface area contributed by atoms with Crippen molar-refractivity contribution < 1.29 is 14.7 Å². The number of hydrogen-bond acceptors (Lipinski definition) is 4. The van der Waals surface area contributed by atoms with E-state index in [4.69, 9.17) is 46.4 Å². The Bertz CT molecular complexity index is 992. The van der Waals surface area contributed by atoms with Crippen LogP contribution < -0.4 is 16.0 Å². The van der Waals surface area contributed by atoms with Gasteiger partial charge in [0.05, 0.1) is 32.3 Å². The fourth-order valence-electron chi connectivity index (χ4n) is 2.43. The van der Waals surface area contributed by atoms with Crippen molar-refractivity contribution in [3.05, 3.63) is 67.4 Å². The highest BCUT2D eigenvalue weighted by molar-refractivity contribution is 6.52. The third-order valence-electron chi connectivity index (χ3n) is 3.72. The van der Waals surface area contributed by atoms with E-state index in [-0.39, 0.29) is 43.8 Å². The maximum atomic E-state index is 12.7. The van der Waals surface area contributed by atoms with Crippen LogP contribution in [0.3, 0.4) is 0 Å². The standard InChI is InChI=1S/C17H11Cl4N3O3/c18-8-5-10(13(20)14(21)12(8)19)23-17(27)24-15-11(25)6-22-9-4-2-1-3-7(9)16(15)26/h1-5,22,25H,6H2,(H2,23,24,27). The number of carbonyl (C=O) groups excluding carboxylic acids is 2. The lowest BCUT2D eigenvalue weighted by Crippen LogP contribution is -2.33. The van der Waals surface area contributed by atoms with Crippen molar-refractivity contribution in [1.82, 2.24) is 5.32 Å². The van der Waals surface area contributed by atoms with Gasteiger partial charge in [-0.15, -0.1) is 0 Å². The second-order valence-corrected chi connectivity index (χ2v) is 7.02.